The Bertz CT molecular complexity index is 562. The van der Waals surface area contributed by atoms with E-state index >= 15 is 0 Å². The van der Waals surface area contributed by atoms with Crippen molar-refractivity contribution in [1.82, 2.24) is 10.2 Å². The molecule has 0 aliphatic carbocycles. The molecule has 0 aromatic heterocycles. The fourth-order valence-corrected chi connectivity index (χ4v) is 3.67. The highest BCUT2D eigenvalue weighted by atomic mass is 32.2. The van der Waals surface area contributed by atoms with E-state index in [9.17, 15) is 8.42 Å². The Kier molecular flexibility index (Phi) is 5.07. The third-order valence-corrected chi connectivity index (χ3v) is 5.37. The van der Waals surface area contributed by atoms with Crippen molar-refractivity contribution in [2.45, 2.75) is 39.4 Å². The smallest absolute Gasteiger partial charge is 0.152 e. The van der Waals surface area contributed by atoms with Gasteiger partial charge in [-0.15, -0.1) is 0 Å². The van der Waals surface area contributed by atoms with Crippen molar-refractivity contribution >= 4 is 9.84 Å². The topological polar surface area (TPSA) is 49.4 Å². The van der Waals surface area contributed by atoms with Gasteiger partial charge < -0.3 is 5.32 Å². The van der Waals surface area contributed by atoms with Crippen LogP contribution in [-0.4, -0.2) is 43.5 Å². The standard InChI is InChI=1S/C16H26N2O2S/c1-16(2,3)17-12-14-6-4-5-7-15(14)13-18-8-10-21(19,20)11-9-18/h4-7,17H,8-13H2,1-3H3. The minimum Gasteiger partial charge on any atom is -0.308 e. The summed E-state index contributed by atoms with van der Waals surface area (Å²) >= 11 is 0. The van der Waals surface area contributed by atoms with Crippen LogP contribution in [0.3, 0.4) is 0 Å². The molecule has 4 nitrogen and oxygen atoms in total. The molecule has 21 heavy (non-hydrogen) atoms. The molecule has 0 unspecified atom stereocenters. The zero-order chi connectivity index (χ0) is 15.5. The Morgan fingerprint density at radius 2 is 1.67 bits per heavy atom. The number of benzene rings is 1. The predicted molar refractivity (Wildman–Crippen MR) is 87.0 cm³/mol. The van der Waals surface area contributed by atoms with Gasteiger partial charge in [-0.3, -0.25) is 4.90 Å². The van der Waals surface area contributed by atoms with E-state index in [4.69, 9.17) is 0 Å². The Labute approximate surface area is 128 Å². The molecular formula is C16H26N2O2S. The average molecular weight is 310 g/mol. The molecule has 1 aliphatic rings. The molecule has 1 aromatic carbocycles. The first-order valence-electron chi connectivity index (χ1n) is 7.50. The second-order valence-electron chi connectivity index (χ2n) is 6.80. The first kappa shape index (κ1) is 16.5. The molecular weight excluding hydrogens is 284 g/mol. The number of hydrogen-bond donors (Lipinski definition) is 1. The minimum atomic E-state index is -2.80. The van der Waals surface area contributed by atoms with E-state index in [0.29, 0.717) is 13.1 Å². The summed E-state index contributed by atoms with van der Waals surface area (Å²) in [6, 6.07) is 8.40. The molecule has 0 radical (unpaired) electrons. The zero-order valence-corrected chi connectivity index (χ0v) is 14.0. The highest BCUT2D eigenvalue weighted by Gasteiger charge is 2.22. The molecule has 0 atom stereocenters. The summed E-state index contributed by atoms with van der Waals surface area (Å²) < 4.78 is 23.0. The van der Waals surface area contributed by atoms with Crippen LogP contribution in [0, 0.1) is 0 Å². The molecule has 1 fully saturated rings. The maximum atomic E-state index is 11.5. The van der Waals surface area contributed by atoms with Gasteiger partial charge in [0, 0.05) is 31.7 Å². The van der Waals surface area contributed by atoms with Crippen molar-refractivity contribution in [3.05, 3.63) is 35.4 Å². The van der Waals surface area contributed by atoms with Crippen molar-refractivity contribution in [1.29, 1.82) is 0 Å². The zero-order valence-electron chi connectivity index (χ0n) is 13.2. The Morgan fingerprint density at radius 1 is 1.10 bits per heavy atom. The van der Waals surface area contributed by atoms with Crippen molar-refractivity contribution in [2.75, 3.05) is 24.6 Å². The molecule has 0 bridgehead atoms. The first-order chi connectivity index (χ1) is 9.75. The number of nitrogens with zero attached hydrogens (tertiary/aromatic N) is 1. The van der Waals surface area contributed by atoms with Gasteiger partial charge in [-0.1, -0.05) is 24.3 Å². The normalized spacial score (nSPS) is 19.6. The molecule has 1 saturated heterocycles. The number of hydrogen-bond acceptors (Lipinski definition) is 4. The summed E-state index contributed by atoms with van der Waals surface area (Å²) in [6.07, 6.45) is 0. The lowest BCUT2D eigenvalue weighted by molar-refractivity contribution is 0.286. The van der Waals surface area contributed by atoms with Gasteiger partial charge in [0.05, 0.1) is 11.5 Å². The van der Waals surface area contributed by atoms with E-state index in [1.165, 1.54) is 11.1 Å². The van der Waals surface area contributed by atoms with Gasteiger partial charge in [0.25, 0.3) is 0 Å². The van der Waals surface area contributed by atoms with Crippen molar-refractivity contribution in [3.8, 4) is 0 Å². The van der Waals surface area contributed by atoms with Crippen LogP contribution in [0.25, 0.3) is 0 Å². The molecule has 1 N–H and O–H groups in total. The maximum Gasteiger partial charge on any atom is 0.152 e. The third kappa shape index (κ3) is 5.41. The minimum absolute atomic E-state index is 0.0896. The Morgan fingerprint density at radius 3 is 2.24 bits per heavy atom. The van der Waals surface area contributed by atoms with Gasteiger partial charge in [-0.25, -0.2) is 8.42 Å². The van der Waals surface area contributed by atoms with E-state index in [1.807, 2.05) is 0 Å². The van der Waals surface area contributed by atoms with E-state index < -0.39 is 9.84 Å². The SMILES string of the molecule is CC(C)(C)NCc1ccccc1CN1CCS(=O)(=O)CC1. The molecule has 1 heterocycles. The third-order valence-electron chi connectivity index (χ3n) is 3.76. The van der Waals surface area contributed by atoms with E-state index in [2.05, 4.69) is 55.3 Å². The molecule has 0 spiro atoms. The molecule has 2 rings (SSSR count). The maximum absolute atomic E-state index is 11.5. The Balaban J connectivity index is 2.00. The quantitative estimate of drug-likeness (QED) is 0.921. The number of nitrogens with one attached hydrogen (secondary N) is 1. The largest absolute Gasteiger partial charge is 0.308 e. The lowest BCUT2D eigenvalue weighted by Crippen LogP contribution is -2.40. The highest BCUT2D eigenvalue weighted by Crippen LogP contribution is 2.15. The second kappa shape index (κ2) is 6.46. The van der Waals surface area contributed by atoms with E-state index in [0.717, 1.165) is 13.1 Å². The highest BCUT2D eigenvalue weighted by molar-refractivity contribution is 7.91. The number of sulfone groups is 1. The van der Waals surface area contributed by atoms with Gasteiger partial charge in [-0.2, -0.15) is 0 Å². The number of rotatable bonds is 4. The molecule has 118 valence electrons. The van der Waals surface area contributed by atoms with Crippen LogP contribution in [-0.2, 0) is 22.9 Å². The fraction of sp³-hybridized carbons (Fsp3) is 0.625. The molecule has 0 amide bonds. The lowest BCUT2D eigenvalue weighted by atomic mass is 10.0. The van der Waals surface area contributed by atoms with E-state index in [1.54, 1.807) is 0 Å². The predicted octanol–water partition coefficient (Wildman–Crippen LogP) is 1.81. The Hall–Kier alpha value is -0.910. The fourth-order valence-electron chi connectivity index (χ4n) is 2.39. The van der Waals surface area contributed by atoms with Crippen molar-refractivity contribution in [3.63, 3.8) is 0 Å². The van der Waals surface area contributed by atoms with Gasteiger partial charge in [0.1, 0.15) is 0 Å². The van der Waals surface area contributed by atoms with Crippen LogP contribution in [0.1, 0.15) is 31.9 Å². The van der Waals surface area contributed by atoms with E-state index in [-0.39, 0.29) is 17.0 Å². The summed E-state index contributed by atoms with van der Waals surface area (Å²) in [5.74, 6) is 0.574. The molecule has 0 saturated carbocycles. The van der Waals surface area contributed by atoms with Gasteiger partial charge in [-0.05, 0) is 31.9 Å². The van der Waals surface area contributed by atoms with Crippen LogP contribution < -0.4 is 5.32 Å². The van der Waals surface area contributed by atoms with Gasteiger partial charge >= 0.3 is 0 Å². The second-order valence-corrected chi connectivity index (χ2v) is 9.10. The van der Waals surface area contributed by atoms with Crippen molar-refractivity contribution < 1.29 is 8.42 Å². The summed E-state index contributed by atoms with van der Waals surface area (Å²) in [5, 5.41) is 3.51. The summed E-state index contributed by atoms with van der Waals surface area (Å²) in [4.78, 5) is 2.23. The van der Waals surface area contributed by atoms with Crippen LogP contribution >= 0.6 is 0 Å². The molecule has 1 aliphatic heterocycles. The molecule has 5 heteroatoms. The average Bonchev–Trinajstić information content (AvgIpc) is 2.39. The van der Waals surface area contributed by atoms with Crippen molar-refractivity contribution in [2.24, 2.45) is 0 Å². The van der Waals surface area contributed by atoms with Gasteiger partial charge in [0.2, 0.25) is 0 Å². The van der Waals surface area contributed by atoms with Crippen LogP contribution in [0.5, 0.6) is 0 Å². The van der Waals surface area contributed by atoms with Gasteiger partial charge in [0.15, 0.2) is 9.84 Å². The molecule has 1 aromatic rings. The summed E-state index contributed by atoms with van der Waals surface area (Å²) in [5.41, 5.74) is 2.67. The lowest BCUT2D eigenvalue weighted by Gasteiger charge is -2.28. The van der Waals surface area contributed by atoms with Crippen LogP contribution in [0.4, 0.5) is 0 Å². The van der Waals surface area contributed by atoms with Crippen LogP contribution in [0.2, 0.25) is 0 Å². The summed E-state index contributed by atoms with van der Waals surface area (Å²) in [7, 11) is -2.80. The summed E-state index contributed by atoms with van der Waals surface area (Å²) in [6.45, 7) is 9.43. The van der Waals surface area contributed by atoms with Crippen LogP contribution in [0.15, 0.2) is 24.3 Å². The first-order valence-corrected chi connectivity index (χ1v) is 9.32. The monoisotopic (exact) mass is 310 g/mol.